The molecule has 1 aliphatic carbocycles. The Hall–Kier alpha value is -2.44. The van der Waals surface area contributed by atoms with Crippen molar-refractivity contribution < 1.29 is 14.4 Å². The molecule has 132 valence electrons. The Morgan fingerprint density at radius 3 is 2.76 bits per heavy atom. The molecule has 1 aromatic rings. The van der Waals surface area contributed by atoms with E-state index in [1.807, 2.05) is 18.2 Å². The Morgan fingerprint density at radius 2 is 2.04 bits per heavy atom. The number of hydrogen-bond donors (Lipinski definition) is 1. The molecule has 0 unspecified atom stereocenters. The molecule has 4 amide bonds. The van der Waals surface area contributed by atoms with E-state index in [2.05, 4.69) is 10.3 Å². The molecule has 0 bridgehead atoms. The van der Waals surface area contributed by atoms with E-state index < -0.39 is 11.6 Å². The van der Waals surface area contributed by atoms with Crippen LogP contribution >= 0.6 is 0 Å². The highest BCUT2D eigenvalue weighted by Crippen LogP contribution is 2.35. The lowest BCUT2D eigenvalue weighted by Crippen LogP contribution is -2.46. The van der Waals surface area contributed by atoms with Crippen molar-refractivity contribution in [1.82, 2.24) is 20.1 Å². The molecule has 0 aromatic carbocycles. The Kier molecular flexibility index (Phi) is 3.94. The van der Waals surface area contributed by atoms with Gasteiger partial charge in [0.2, 0.25) is 5.91 Å². The molecule has 3 heterocycles. The van der Waals surface area contributed by atoms with Gasteiger partial charge in [0.1, 0.15) is 12.1 Å². The zero-order chi connectivity index (χ0) is 17.4. The maximum atomic E-state index is 12.8. The van der Waals surface area contributed by atoms with Crippen molar-refractivity contribution in [1.29, 1.82) is 0 Å². The molecular weight excluding hydrogens is 320 g/mol. The Bertz CT molecular complexity index is 700. The molecule has 2 saturated heterocycles. The minimum Gasteiger partial charge on any atom is -0.333 e. The molecule has 0 radical (unpaired) electrons. The zero-order valence-electron chi connectivity index (χ0n) is 14.1. The summed E-state index contributed by atoms with van der Waals surface area (Å²) in [5, 5.41) is 2.82. The number of rotatable bonds is 3. The van der Waals surface area contributed by atoms with Gasteiger partial charge in [-0.1, -0.05) is 18.9 Å². The number of nitrogens with zero attached hydrogens (tertiary/aromatic N) is 3. The van der Waals surface area contributed by atoms with Crippen molar-refractivity contribution in [2.75, 3.05) is 13.1 Å². The average Bonchev–Trinajstić information content (AvgIpc) is 3.33. The zero-order valence-corrected chi connectivity index (χ0v) is 14.1. The summed E-state index contributed by atoms with van der Waals surface area (Å²) in [6.45, 7) is 0.449. The molecule has 1 aromatic heterocycles. The summed E-state index contributed by atoms with van der Waals surface area (Å²) in [6.07, 6.45) is 6.68. The second kappa shape index (κ2) is 6.13. The van der Waals surface area contributed by atoms with Gasteiger partial charge < -0.3 is 10.2 Å². The summed E-state index contributed by atoms with van der Waals surface area (Å²) in [4.78, 5) is 45.0. The van der Waals surface area contributed by atoms with E-state index in [9.17, 15) is 14.4 Å². The number of carbonyl (C=O) groups excluding carboxylic acids is 3. The Labute approximate surface area is 146 Å². The molecular formula is C18H22N4O3. The quantitative estimate of drug-likeness (QED) is 0.846. The lowest BCUT2D eigenvalue weighted by molar-refractivity contribution is -0.139. The molecule has 1 atom stereocenters. The SMILES string of the molecule is O=C1NC2(CCCC2)C(=O)N1CC(=O)N1CCC[C@H]1c1ccccn1. The number of carbonyl (C=O) groups is 3. The molecule has 1 spiro atoms. The predicted octanol–water partition coefficient (Wildman–Crippen LogP) is 1.61. The standard InChI is InChI=1S/C18H22N4O3/c23-15(21-11-5-7-14(21)13-6-1-4-10-19-13)12-22-16(24)18(20-17(22)25)8-2-3-9-18/h1,4,6,10,14H,2-3,5,7-9,11-12H2,(H,20,25)/t14-/m0/s1. The number of nitrogens with one attached hydrogen (secondary N) is 1. The first-order valence-electron chi connectivity index (χ1n) is 8.95. The smallest absolute Gasteiger partial charge is 0.325 e. The van der Waals surface area contributed by atoms with Crippen molar-refractivity contribution in [3.05, 3.63) is 30.1 Å². The predicted molar refractivity (Wildman–Crippen MR) is 89.4 cm³/mol. The van der Waals surface area contributed by atoms with Gasteiger partial charge in [0, 0.05) is 12.7 Å². The van der Waals surface area contributed by atoms with Gasteiger partial charge >= 0.3 is 6.03 Å². The maximum absolute atomic E-state index is 12.8. The van der Waals surface area contributed by atoms with Crippen molar-refractivity contribution in [2.24, 2.45) is 0 Å². The van der Waals surface area contributed by atoms with E-state index in [-0.39, 0.29) is 24.4 Å². The number of imide groups is 1. The lowest BCUT2D eigenvalue weighted by Gasteiger charge is -2.26. The lowest BCUT2D eigenvalue weighted by atomic mass is 9.98. The molecule has 25 heavy (non-hydrogen) atoms. The minimum absolute atomic E-state index is 0.0742. The number of aromatic nitrogens is 1. The normalized spacial score (nSPS) is 25.0. The van der Waals surface area contributed by atoms with Crippen LogP contribution in [0.4, 0.5) is 4.79 Å². The van der Waals surface area contributed by atoms with Gasteiger partial charge in [-0.05, 0) is 37.8 Å². The van der Waals surface area contributed by atoms with Crippen LogP contribution in [0.25, 0.3) is 0 Å². The first-order valence-corrected chi connectivity index (χ1v) is 8.95. The summed E-state index contributed by atoms with van der Waals surface area (Å²) >= 11 is 0. The van der Waals surface area contributed by atoms with Crippen molar-refractivity contribution in [3.63, 3.8) is 0 Å². The van der Waals surface area contributed by atoms with E-state index in [0.29, 0.717) is 19.4 Å². The van der Waals surface area contributed by atoms with Crippen molar-refractivity contribution >= 4 is 17.8 Å². The highest BCUT2D eigenvalue weighted by atomic mass is 16.2. The second-order valence-corrected chi connectivity index (χ2v) is 7.11. The van der Waals surface area contributed by atoms with Crippen LogP contribution in [0.15, 0.2) is 24.4 Å². The molecule has 3 fully saturated rings. The number of urea groups is 1. The van der Waals surface area contributed by atoms with Crippen LogP contribution in [0.3, 0.4) is 0 Å². The van der Waals surface area contributed by atoms with Crippen LogP contribution in [0.5, 0.6) is 0 Å². The monoisotopic (exact) mass is 342 g/mol. The summed E-state index contributed by atoms with van der Waals surface area (Å²) in [6, 6.07) is 5.16. The average molecular weight is 342 g/mol. The highest BCUT2D eigenvalue weighted by Gasteiger charge is 2.53. The van der Waals surface area contributed by atoms with Gasteiger partial charge in [0.25, 0.3) is 5.91 Å². The fraction of sp³-hybridized carbons (Fsp3) is 0.556. The molecule has 7 heteroatoms. The van der Waals surface area contributed by atoms with Gasteiger partial charge in [-0.25, -0.2) is 4.79 Å². The third-order valence-corrected chi connectivity index (χ3v) is 5.60. The number of hydrogen-bond acceptors (Lipinski definition) is 4. The molecule has 4 rings (SSSR count). The maximum Gasteiger partial charge on any atom is 0.325 e. The van der Waals surface area contributed by atoms with Crippen LogP contribution in [0.2, 0.25) is 0 Å². The van der Waals surface area contributed by atoms with E-state index >= 15 is 0 Å². The third kappa shape index (κ3) is 2.67. The van der Waals surface area contributed by atoms with Gasteiger partial charge in [-0.2, -0.15) is 0 Å². The van der Waals surface area contributed by atoms with Crippen LogP contribution in [-0.2, 0) is 9.59 Å². The van der Waals surface area contributed by atoms with Crippen LogP contribution in [0.1, 0.15) is 50.3 Å². The second-order valence-electron chi connectivity index (χ2n) is 7.11. The Morgan fingerprint density at radius 1 is 1.24 bits per heavy atom. The number of pyridine rings is 1. The van der Waals surface area contributed by atoms with E-state index in [1.54, 1.807) is 11.1 Å². The highest BCUT2D eigenvalue weighted by molar-refractivity contribution is 6.09. The molecule has 1 saturated carbocycles. The summed E-state index contributed by atoms with van der Waals surface area (Å²) < 4.78 is 0. The summed E-state index contributed by atoms with van der Waals surface area (Å²) in [5.74, 6) is -0.427. The fourth-order valence-electron chi connectivity index (χ4n) is 4.31. The van der Waals surface area contributed by atoms with Crippen molar-refractivity contribution in [2.45, 2.75) is 50.1 Å². The first kappa shape index (κ1) is 16.1. The summed E-state index contributed by atoms with van der Waals surface area (Å²) in [5.41, 5.74) is 0.0979. The van der Waals surface area contributed by atoms with Crippen LogP contribution in [-0.4, -0.2) is 51.3 Å². The molecule has 1 N–H and O–H groups in total. The molecule has 2 aliphatic heterocycles. The number of amides is 4. The van der Waals surface area contributed by atoms with Gasteiger partial charge in [-0.15, -0.1) is 0 Å². The van der Waals surface area contributed by atoms with E-state index in [1.165, 1.54) is 0 Å². The number of likely N-dealkylation sites (tertiary alicyclic amines) is 1. The van der Waals surface area contributed by atoms with Crippen LogP contribution < -0.4 is 5.32 Å². The molecule has 7 nitrogen and oxygen atoms in total. The fourth-order valence-corrected chi connectivity index (χ4v) is 4.31. The van der Waals surface area contributed by atoms with Gasteiger partial charge in [-0.3, -0.25) is 19.5 Å². The van der Waals surface area contributed by atoms with Gasteiger partial charge in [0.05, 0.1) is 11.7 Å². The van der Waals surface area contributed by atoms with Crippen LogP contribution in [0, 0.1) is 0 Å². The minimum atomic E-state index is -0.761. The topological polar surface area (TPSA) is 82.6 Å². The van der Waals surface area contributed by atoms with E-state index in [0.717, 1.165) is 36.3 Å². The van der Waals surface area contributed by atoms with Crippen molar-refractivity contribution in [3.8, 4) is 0 Å². The largest absolute Gasteiger partial charge is 0.333 e. The third-order valence-electron chi connectivity index (χ3n) is 5.60. The first-order chi connectivity index (χ1) is 12.1. The van der Waals surface area contributed by atoms with Gasteiger partial charge in [0.15, 0.2) is 0 Å². The Balaban J connectivity index is 1.48. The molecule has 3 aliphatic rings. The van der Waals surface area contributed by atoms with E-state index in [4.69, 9.17) is 0 Å². The summed E-state index contributed by atoms with van der Waals surface area (Å²) in [7, 11) is 0.